The van der Waals surface area contributed by atoms with Gasteiger partial charge < -0.3 is 4.84 Å². The molecule has 1 atom stereocenters. The van der Waals surface area contributed by atoms with Crippen LogP contribution in [0.15, 0.2) is 62.9 Å². The second-order valence-electron chi connectivity index (χ2n) is 5.56. The molecule has 0 saturated heterocycles. The minimum atomic E-state index is -2.80. The summed E-state index contributed by atoms with van der Waals surface area (Å²) in [5.74, 6) is -0.624. The highest BCUT2D eigenvalue weighted by molar-refractivity contribution is 7.93. The van der Waals surface area contributed by atoms with Crippen molar-refractivity contribution in [1.82, 2.24) is 0 Å². The number of hydrogen-bond acceptors (Lipinski definition) is 4. The topological polar surface area (TPSA) is 68.1 Å². The molecule has 7 heteroatoms. The summed E-state index contributed by atoms with van der Waals surface area (Å²) in [6.45, 7) is 3.31. The first-order valence-corrected chi connectivity index (χ1v) is 9.82. The minimum Gasteiger partial charge on any atom is -0.385 e. The third-order valence-electron chi connectivity index (χ3n) is 3.39. The fraction of sp³-hybridized carbons (Fsp3) is 0.222. The minimum absolute atomic E-state index is 0.373. The van der Waals surface area contributed by atoms with E-state index in [1.807, 2.05) is 19.1 Å². The van der Waals surface area contributed by atoms with Crippen molar-refractivity contribution in [2.75, 3.05) is 12.9 Å². The lowest BCUT2D eigenvalue weighted by molar-refractivity contribution is -0.122. The quantitative estimate of drug-likeness (QED) is 0.581. The van der Waals surface area contributed by atoms with Crippen molar-refractivity contribution in [2.45, 2.75) is 18.7 Å². The molecule has 0 unspecified atom stereocenters. The van der Waals surface area contributed by atoms with E-state index in [4.69, 9.17) is 16.4 Å². The molecular weight excluding hydrogens is 360 g/mol. The highest BCUT2D eigenvalue weighted by atomic mass is 35.5. The Kier molecular flexibility index (Phi) is 6.33. The van der Waals surface area contributed by atoms with Crippen LogP contribution in [0.2, 0.25) is 5.02 Å². The number of halogens is 1. The van der Waals surface area contributed by atoms with E-state index >= 15 is 0 Å². The van der Waals surface area contributed by atoms with E-state index in [0.29, 0.717) is 15.6 Å². The van der Waals surface area contributed by atoms with Crippen LogP contribution in [0.1, 0.15) is 18.1 Å². The summed E-state index contributed by atoms with van der Waals surface area (Å²) in [6, 6.07) is 14.1. The second-order valence-corrected chi connectivity index (χ2v) is 8.25. The number of rotatable bonds is 5. The largest absolute Gasteiger partial charge is 0.385 e. The van der Waals surface area contributed by atoms with Crippen molar-refractivity contribution in [3.8, 4) is 0 Å². The Hall–Kier alpha value is -2.18. The third kappa shape index (κ3) is 5.69. The number of amides is 1. The lowest BCUT2D eigenvalue weighted by Gasteiger charge is -2.05. The maximum Gasteiger partial charge on any atom is 0.294 e. The van der Waals surface area contributed by atoms with Gasteiger partial charge in [0.2, 0.25) is 0 Å². The monoisotopic (exact) mass is 378 g/mol. The van der Waals surface area contributed by atoms with Crippen LogP contribution in [0.25, 0.3) is 0 Å². The van der Waals surface area contributed by atoms with Crippen LogP contribution in [0.3, 0.4) is 0 Å². The molecule has 0 aromatic heterocycles. The highest BCUT2D eigenvalue weighted by Crippen LogP contribution is 2.13. The SMILES string of the molecule is C/C(=N/OCC(=O)N=[S@@](C)(=O)c1ccc(C)cc1)c1ccc(Cl)cc1. The second kappa shape index (κ2) is 8.27. The summed E-state index contributed by atoms with van der Waals surface area (Å²) >= 11 is 5.83. The van der Waals surface area contributed by atoms with Crippen molar-refractivity contribution in [2.24, 2.45) is 9.52 Å². The van der Waals surface area contributed by atoms with Gasteiger partial charge in [-0.2, -0.15) is 4.36 Å². The molecule has 0 radical (unpaired) electrons. The number of oxime groups is 1. The van der Waals surface area contributed by atoms with E-state index < -0.39 is 15.6 Å². The number of carbonyl (C=O) groups is 1. The van der Waals surface area contributed by atoms with E-state index in [0.717, 1.165) is 11.1 Å². The summed E-state index contributed by atoms with van der Waals surface area (Å²) in [5, 5.41) is 4.50. The van der Waals surface area contributed by atoms with Gasteiger partial charge in [-0.15, -0.1) is 0 Å². The van der Waals surface area contributed by atoms with Gasteiger partial charge in [0.25, 0.3) is 5.91 Å². The summed E-state index contributed by atoms with van der Waals surface area (Å²) in [7, 11) is -2.80. The molecule has 0 aliphatic heterocycles. The van der Waals surface area contributed by atoms with Crippen LogP contribution in [-0.2, 0) is 19.4 Å². The molecule has 2 aromatic rings. The van der Waals surface area contributed by atoms with Crippen LogP contribution < -0.4 is 0 Å². The molecule has 0 bridgehead atoms. The van der Waals surface area contributed by atoms with E-state index in [2.05, 4.69) is 9.52 Å². The highest BCUT2D eigenvalue weighted by Gasteiger charge is 2.10. The molecule has 2 rings (SSSR count). The van der Waals surface area contributed by atoms with Crippen LogP contribution in [-0.4, -0.2) is 28.7 Å². The van der Waals surface area contributed by atoms with Crippen molar-refractivity contribution in [3.05, 3.63) is 64.7 Å². The van der Waals surface area contributed by atoms with Gasteiger partial charge in [-0.3, -0.25) is 4.79 Å². The fourth-order valence-electron chi connectivity index (χ4n) is 1.99. The third-order valence-corrected chi connectivity index (χ3v) is 5.34. The predicted molar refractivity (Wildman–Crippen MR) is 101 cm³/mol. The maximum absolute atomic E-state index is 12.6. The zero-order valence-corrected chi connectivity index (χ0v) is 15.8. The first-order valence-electron chi connectivity index (χ1n) is 7.52. The van der Waals surface area contributed by atoms with Gasteiger partial charge in [-0.05, 0) is 43.7 Å². The van der Waals surface area contributed by atoms with Crippen molar-refractivity contribution < 1.29 is 13.8 Å². The average molecular weight is 379 g/mol. The zero-order valence-electron chi connectivity index (χ0n) is 14.2. The van der Waals surface area contributed by atoms with Gasteiger partial charge in [0.15, 0.2) is 6.61 Å². The van der Waals surface area contributed by atoms with Crippen LogP contribution >= 0.6 is 11.6 Å². The van der Waals surface area contributed by atoms with E-state index in [9.17, 15) is 9.00 Å². The zero-order chi connectivity index (χ0) is 18.4. The summed E-state index contributed by atoms with van der Waals surface area (Å²) in [4.78, 5) is 17.4. The number of nitrogens with zero attached hydrogens (tertiary/aromatic N) is 2. The first kappa shape index (κ1) is 19.1. The van der Waals surface area contributed by atoms with Gasteiger partial charge >= 0.3 is 0 Å². The van der Waals surface area contributed by atoms with Gasteiger partial charge in [0.05, 0.1) is 15.4 Å². The van der Waals surface area contributed by atoms with E-state index in [-0.39, 0.29) is 6.61 Å². The summed E-state index contributed by atoms with van der Waals surface area (Å²) in [6.07, 6.45) is 1.43. The number of benzene rings is 2. The Labute approximate surface area is 152 Å². The molecule has 0 heterocycles. The van der Waals surface area contributed by atoms with Crippen LogP contribution in [0, 0.1) is 6.92 Å². The van der Waals surface area contributed by atoms with Crippen molar-refractivity contribution in [1.29, 1.82) is 0 Å². The Morgan fingerprint density at radius 2 is 1.72 bits per heavy atom. The Balaban J connectivity index is 2.02. The van der Waals surface area contributed by atoms with Gasteiger partial charge in [0, 0.05) is 16.2 Å². The summed E-state index contributed by atoms with van der Waals surface area (Å²) in [5.41, 5.74) is 2.47. The fourth-order valence-corrected chi connectivity index (χ4v) is 3.31. The lowest BCUT2D eigenvalue weighted by atomic mass is 10.1. The predicted octanol–water partition coefficient (Wildman–Crippen LogP) is 4.07. The Morgan fingerprint density at radius 1 is 1.12 bits per heavy atom. The lowest BCUT2D eigenvalue weighted by Crippen LogP contribution is -2.09. The van der Waals surface area contributed by atoms with Crippen LogP contribution in [0.4, 0.5) is 0 Å². The first-order chi connectivity index (χ1) is 11.8. The van der Waals surface area contributed by atoms with E-state index in [1.54, 1.807) is 43.3 Å². The molecule has 5 nitrogen and oxygen atoms in total. The molecule has 2 aromatic carbocycles. The number of hydrogen-bond donors (Lipinski definition) is 0. The molecule has 0 aliphatic carbocycles. The average Bonchev–Trinajstić information content (AvgIpc) is 2.55. The maximum atomic E-state index is 12.6. The molecule has 1 amide bonds. The van der Waals surface area contributed by atoms with Gasteiger partial charge in [-0.25, -0.2) is 4.21 Å². The molecule has 0 fully saturated rings. The molecule has 0 N–H and O–H groups in total. The summed E-state index contributed by atoms with van der Waals surface area (Å²) < 4.78 is 16.3. The standard InChI is InChI=1S/C18H19ClN2O3S/c1-13-4-10-17(11-5-13)25(3,23)21-18(22)12-24-20-14(2)15-6-8-16(19)9-7-15/h4-11H,12H2,1-3H3/b20-14-/t25-/m0/s1. The van der Waals surface area contributed by atoms with Crippen molar-refractivity contribution >= 4 is 32.9 Å². The molecule has 132 valence electrons. The van der Waals surface area contributed by atoms with Gasteiger partial charge in [-0.1, -0.05) is 46.6 Å². The Morgan fingerprint density at radius 3 is 2.32 bits per heavy atom. The molecule has 25 heavy (non-hydrogen) atoms. The van der Waals surface area contributed by atoms with Crippen LogP contribution in [0.5, 0.6) is 0 Å². The normalized spacial score (nSPS) is 13.8. The molecule has 0 spiro atoms. The molecular formula is C18H19ClN2O3S. The molecule has 0 saturated carbocycles. The van der Waals surface area contributed by atoms with Gasteiger partial charge in [0.1, 0.15) is 0 Å². The smallest absolute Gasteiger partial charge is 0.294 e. The number of aryl methyl sites for hydroxylation is 1. The number of carbonyl (C=O) groups excluding carboxylic acids is 1. The van der Waals surface area contributed by atoms with E-state index in [1.165, 1.54) is 6.26 Å². The van der Waals surface area contributed by atoms with Crippen molar-refractivity contribution in [3.63, 3.8) is 0 Å². The Bertz CT molecular complexity index is 897. The molecule has 0 aliphatic rings.